The molecule has 0 aliphatic heterocycles. The summed E-state index contributed by atoms with van der Waals surface area (Å²) in [5.41, 5.74) is 5.14. The second-order valence-corrected chi connectivity index (χ2v) is 7.83. The molecule has 0 bridgehead atoms. The van der Waals surface area contributed by atoms with Gasteiger partial charge in [-0.1, -0.05) is 38.1 Å². The minimum atomic E-state index is -0.406. The van der Waals surface area contributed by atoms with Crippen LogP contribution in [0.1, 0.15) is 39.0 Å². The molecule has 30 heavy (non-hydrogen) atoms. The Kier molecular flexibility index (Phi) is 6.35. The third-order valence-corrected chi connectivity index (χ3v) is 4.50. The van der Waals surface area contributed by atoms with Crippen molar-refractivity contribution in [3.05, 3.63) is 59.8 Å². The Bertz CT molecular complexity index is 1070. The minimum Gasteiger partial charge on any atom is -0.407 e. The van der Waals surface area contributed by atoms with E-state index in [1.54, 1.807) is 4.68 Å². The molecule has 3 aromatic rings. The van der Waals surface area contributed by atoms with E-state index in [1.807, 2.05) is 55.5 Å². The summed E-state index contributed by atoms with van der Waals surface area (Å²) in [4.78, 5) is 23.3. The summed E-state index contributed by atoms with van der Waals surface area (Å²) in [5.74, 6) is 0.233. The smallest absolute Gasteiger partial charge is 0.309 e. The summed E-state index contributed by atoms with van der Waals surface area (Å²) < 4.78 is 7.37. The highest BCUT2D eigenvalue weighted by Gasteiger charge is 2.24. The van der Waals surface area contributed by atoms with Crippen LogP contribution < -0.4 is 10.1 Å². The Morgan fingerprint density at radius 3 is 2.37 bits per heavy atom. The van der Waals surface area contributed by atoms with Crippen molar-refractivity contribution < 1.29 is 14.3 Å². The monoisotopic (exact) mass is 405 g/mol. The molecular weight excluding hydrogens is 378 g/mol. The van der Waals surface area contributed by atoms with Crippen LogP contribution in [0.25, 0.3) is 16.8 Å². The van der Waals surface area contributed by atoms with Gasteiger partial charge in [0.05, 0.1) is 16.9 Å². The predicted octanol–water partition coefficient (Wildman–Crippen LogP) is 4.93. The van der Waals surface area contributed by atoms with E-state index >= 15 is 0 Å². The minimum absolute atomic E-state index is 0.129. The molecule has 6 nitrogen and oxygen atoms in total. The van der Waals surface area contributed by atoms with Gasteiger partial charge in [-0.05, 0) is 54.7 Å². The van der Waals surface area contributed by atoms with Gasteiger partial charge in [0.25, 0.3) is 0 Å². The van der Waals surface area contributed by atoms with E-state index in [4.69, 9.17) is 9.84 Å². The van der Waals surface area contributed by atoms with E-state index in [9.17, 15) is 9.59 Å². The van der Waals surface area contributed by atoms with Crippen molar-refractivity contribution in [3.63, 3.8) is 0 Å². The van der Waals surface area contributed by atoms with Gasteiger partial charge in [0.2, 0.25) is 11.8 Å². The van der Waals surface area contributed by atoms with E-state index in [0.717, 1.165) is 34.5 Å². The number of nitrogens with zero attached hydrogens (tertiary/aromatic N) is 2. The van der Waals surface area contributed by atoms with Crippen molar-refractivity contribution in [1.29, 1.82) is 0 Å². The molecule has 6 heteroatoms. The average Bonchev–Trinajstić information content (AvgIpc) is 2.98. The van der Waals surface area contributed by atoms with Crippen molar-refractivity contribution in [2.24, 2.45) is 5.92 Å². The Labute approximate surface area is 176 Å². The van der Waals surface area contributed by atoms with Gasteiger partial charge in [-0.3, -0.25) is 9.59 Å². The molecule has 0 saturated heterocycles. The van der Waals surface area contributed by atoms with Gasteiger partial charge in [0.15, 0.2) is 0 Å². The number of benzene rings is 2. The number of hydrogen-bond donors (Lipinski definition) is 1. The zero-order valence-corrected chi connectivity index (χ0v) is 18.0. The lowest BCUT2D eigenvalue weighted by atomic mass is 9.99. The predicted molar refractivity (Wildman–Crippen MR) is 118 cm³/mol. The SMILES string of the molecule is CC(=O)Nc1ccc(-c2c(CC(C)C)nn(-c3cccc(C)c3)c2OC(C)=O)cc1. The molecule has 0 fully saturated rings. The number of rotatable bonds is 6. The highest BCUT2D eigenvalue weighted by molar-refractivity contribution is 5.89. The van der Waals surface area contributed by atoms with Gasteiger partial charge < -0.3 is 10.1 Å². The van der Waals surface area contributed by atoms with Gasteiger partial charge in [0, 0.05) is 19.5 Å². The van der Waals surface area contributed by atoms with Crippen LogP contribution >= 0.6 is 0 Å². The van der Waals surface area contributed by atoms with Crippen molar-refractivity contribution in [1.82, 2.24) is 9.78 Å². The number of aromatic nitrogens is 2. The highest BCUT2D eigenvalue weighted by atomic mass is 16.5. The lowest BCUT2D eigenvalue weighted by Gasteiger charge is -2.11. The summed E-state index contributed by atoms with van der Waals surface area (Å²) in [5, 5.41) is 7.60. The number of carbonyl (C=O) groups is 2. The van der Waals surface area contributed by atoms with Gasteiger partial charge >= 0.3 is 5.97 Å². The van der Waals surface area contributed by atoms with Crippen molar-refractivity contribution >= 4 is 17.6 Å². The lowest BCUT2D eigenvalue weighted by molar-refractivity contribution is -0.132. The Morgan fingerprint density at radius 2 is 1.80 bits per heavy atom. The molecule has 1 N–H and O–H groups in total. The van der Waals surface area contributed by atoms with Crippen LogP contribution in [0, 0.1) is 12.8 Å². The van der Waals surface area contributed by atoms with Crippen molar-refractivity contribution in [2.75, 3.05) is 5.32 Å². The number of anilines is 1. The molecule has 156 valence electrons. The standard InChI is InChI=1S/C24H27N3O3/c1-15(2)13-22-23(19-9-11-20(12-10-19)25-17(4)28)24(30-18(5)29)27(26-22)21-8-6-7-16(3)14-21/h6-12,14-15H,13H2,1-5H3,(H,25,28). The number of nitrogens with one attached hydrogen (secondary N) is 1. The normalized spacial score (nSPS) is 10.9. The first kappa shape index (κ1) is 21.3. The first-order valence-corrected chi connectivity index (χ1v) is 10.00. The number of carbonyl (C=O) groups excluding carboxylic acids is 2. The number of hydrogen-bond acceptors (Lipinski definition) is 4. The molecule has 2 aromatic carbocycles. The van der Waals surface area contributed by atoms with Crippen LogP contribution in [-0.2, 0) is 16.0 Å². The molecular formula is C24H27N3O3. The van der Waals surface area contributed by atoms with Crippen LogP contribution in [0.2, 0.25) is 0 Å². The van der Waals surface area contributed by atoms with Gasteiger partial charge in [-0.15, -0.1) is 0 Å². The van der Waals surface area contributed by atoms with E-state index in [1.165, 1.54) is 13.8 Å². The van der Waals surface area contributed by atoms with Gasteiger partial charge in [-0.2, -0.15) is 9.78 Å². The molecule has 0 aliphatic carbocycles. The van der Waals surface area contributed by atoms with E-state index < -0.39 is 5.97 Å². The molecule has 0 radical (unpaired) electrons. The highest BCUT2D eigenvalue weighted by Crippen LogP contribution is 2.37. The van der Waals surface area contributed by atoms with Crippen LogP contribution in [0.3, 0.4) is 0 Å². The summed E-state index contributed by atoms with van der Waals surface area (Å²) in [6, 6.07) is 15.4. The molecule has 0 spiro atoms. The zero-order valence-electron chi connectivity index (χ0n) is 18.0. The van der Waals surface area contributed by atoms with E-state index in [2.05, 4.69) is 19.2 Å². The van der Waals surface area contributed by atoms with Crippen LogP contribution in [0.15, 0.2) is 48.5 Å². The van der Waals surface area contributed by atoms with Crippen molar-refractivity contribution in [3.8, 4) is 22.7 Å². The molecule has 0 saturated carbocycles. The Hall–Kier alpha value is -3.41. The fourth-order valence-corrected chi connectivity index (χ4v) is 3.35. The topological polar surface area (TPSA) is 73.2 Å². The maximum absolute atomic E-state index is 11.9. The maximum atomic E-state index is 11.9. The lowest BCUT2D eigenvalue weighted by Crippen LogP contribution is -2.08. The van der Waals surface area contributed by atoms with Gasteiger partial charge in [-0.25, -0.2) is 0 Å². The molecule has 3 rings (SSSR count). The summed E-state index contributed by atoms with van der Waals surface area (Å²) in [6.07, 6.45) is 0.732. The van der Waals surface area contributed by atoms with Crippen LogP contribution in [0.5, 0.6) is 5.88 Å². The molecule has 1 heterocycles. The zero-order chi connectivity index (χ0) is 21.8. The quantitative estimate of drug-likeness (QED) is 0.590. The number of aryl methyl sites for hydroxylation is 1. The molecule has 0 aliphatic rings. The molecule has 1 amide bonds. The summed E-state index contributed by atoms with van der Waals surface area (Å²) in [7, 11) is 0. The number of amides is 1. The summed E-state index contributed by atoms with van der Waals surface area (Å²) >= 11 is 0. The second kappa shape index (κ2) is 8.95. The Morgan fingerprint density at radius 1 is 1.10 bits per heavy atom. The Balaban J connectivity index is 2.20. The van der Waals surface area contributed by atoms with E-state index in [0.29, 0.717) is 17.5 Å². The first-order chi connectivity index (χ1) is 14.2. The maximum Gasteiger partial charge on any atom is 0.309 e. The molecule has 0 atom stereocenters. The third kappa shape index (κ3) is 4.95. The van der Waals surface area contributed by atoms with Crippen LogP contribution in [-0.4, -0.2) is 21.7 Å². The van der Waals surface area contributed by atoms with Crippen molar-refractivity contribution in [2.45, 2.75) is 41.0 Å². The number of esters is 1. The second-order valence-electron chi connectivity index (χ2n) is 7.83. The summed E-state index contributed by atoms with van der Waals surface area (Å²) in [6.45, 7) is 9.12. The molecule has 0 unspecified atom stereocenters. The molecule has 1 aromatic heterocycles. The fraction of sp³-hybridized carbons (Fsp3) is 0.292. The number of ether oxygens (including phenoxy) is 1. The third-order valence-electron chi connectivity index (χ3n) is 4.50. The largest absolute Gasteiger partial charge is 0.407 e. The average molecular weight is 405 g/mol. The van der Waals surface area contributed by atoms with Crippen LogP contribution in [0.4, 0.5) is 5.69 Å². The fourth-order valence-electron chi connectivity index (χ4n) is 3.35. The van der Waals surface area contributed by atoms with Gasteiger partial charge in [0.1, 0.15) is 0 Å². The van der Waals surface area contributed by atoms with E-state index in [-0.39, 0.29) is 5.91 Å². The first-order valence-electron chi connectivity index (χ1n) is 10.00.